The molecule has 18 heavy (non-hydrogen) atoms. The van der Waals surface area contributed by atoms with Crippen LogP contribution in [0.4, 0.5) is 26.3 Å². The Kier molecular flexibility index (Phi) is 4.32. The van der Waals surface area contributed by atoms with Crippen molar-refractivity contribution >= 4 is 11.3 Å². The molecule has 1 atom stereocenters. The molecule has 0 aromatic carbocycles. The summed E-state index contributed by atoms with van der Waals surface area (Å²) < 4.78 is 75.7. The van der Waals surface area contributed by atoms with Crippen LogP contribution in [0.15, 0.2) is 11.4 Å². The van der Waals surface area contributed by atoms with Gasteiger partial charge in [0.05, 0.1) is 6.04 Å². The van der Waals surface area contributed by atoms with Crippen LogP contribution in [0.25, 0.3) is 0 Å². The zero-order valence-electron chi connectivity index (χ0n) is 9.49. The van der Waals surface area contributed by atoms with Crippen LogP contribution in [0.1, 0.15) is 16.5 Å². The van der Waals surface area contributed by atoms with Crippen molar-refractivity contribution in [1.82, 2.24) is 5.32 Å². The highest BCUT2D eigenvalue weighted by molar-refractivity contribution is 7.10. The first-order valence-electron chi connectivity index (χ1n) is 4.93. The molecule has 1 aromatic heterocycles. The molecule has 0 saturated heterocycles. The van der Waals surface area contributed by atoms with Crippen LogP contribution >= 0.6 is 11.3 Å². The number of rotatable bonds is 3. The Morgan fingerprint density at radius 3 is 1.89 bits per heavy atom. The summed E-state index contributed by atoms with van der Waals surface area (Å²) in [6, 6.07) is -0.540. The van der Waals surface area contributed by atoms with Crippen LogP contribution in [0.3, 0.4) is 0 Å². The van der Waals surface area contributed by atoms with Crippen molar-refractivity contribution in [2.45, 2.75) is 25.3 Å². The monoisotopic (exact) mass is 291 g/mol. The van der Waals surface area contributed by atoms with E-state index in [0.717, 1.165) is 18.4 Å². The number of halogens is 6. The lowest BCUT2D eigenvalue weighted by Gasteiger charge is -2.30. The molecule has 0 fully saturated rings. The molecule has 8 heteroatoms. The third-order valence-corrected chi connectivity index (χ3v) is 3.45. The van der Waals surface area contributed by atoms with Crippen LogP contribution in [-0.4, -0.2) is 19.4 Å². The maximum Gasteiger partial charge on any atom is 0.402 e. The largest absolute Gasteiger partial charge is 0.402 e. The van der Waals surface area contributed by atoms with Gasteiger partial charge in [0, 0.05) is 4.88 Å². The van der Waals surface area contributed by atoms with E-state index in [1.54, 1.807) is 0 Å². The third kappa shape index (κ3) is 3.17. The second-order valence-electron chi connectivity index (χ2n) is 3.76. The summed E-state index contributed by atoms with van der Waals surface area (Å²) in [5.41, 5.74) is 0.0298. The van der Waals surface area contributed by atoms with Crippen molar-refractivity contribution in [3.8, 4) is 0 Å². The number of hydrogen-bond acceptors (Lipinski definition) is 2. The van der Waals surface area contributed by atoms with Gasteiger partial charge in [-0.25, -0.2) is 0 Å². The third-order valence-electron chi connectivity index (χ3n) is 2.58. The van der Waals surface area contributed by atoms with E-state index in [2.05, 4.69) is 5.32 Å². The van der Waals surface area contributed by atoms with Gasteiger partial charge in [-0.05, 0) is 31.0 Å². The molecule has 0 spiro atoms. The first kappa shape index (κ1) is 15.3. The standard InChI is InChI=1S/C10H11F6NS/c1-5-6(3-4-18-5)7(17-2)8(9(11,12)13)10(14,15)16/h3-4,7-8,17H,1-2H3. The topological polar surface area (TPSA) is 12.0 Å². The first-order chi connectivity index (χ1) is 8.09. The van der Waals surface area contributed by atoms with Crippen LogP contribution in [0, 0.1) is 12.8 Å². The minimum atomic E-state index is -5.35. The van der Waals surface area contributed by atoms with E-state index in [1.807, 2.05) is 0 Å². The lowest BCUT2D eigenvalue weighted by atomic mass is 9.92. The molecule has 1 aromatic rings. The predicted molar refractivity (Wildman–Crippen MR) is 56.5 cm³/mol. The molecular weight excluding hydrogens is 280 g/mol. The summed E-state index contributed by atoms with van der Waals surface area (Å²) in [7, 11) is 1.09. The van der Waals surface area contributed by atoms with E-state index >= 15 is 0 Å². The van der Waals surface area contributed by atoms with Gasteiger partial charge in [0.15, 0.2) is 5.92 Å². The van der Waals surface area contributed by atoms with Crippen LogP contribution in [0.5, 0.6) is 0 Å². The van der Waals surface area contributed by atoms with Gasteiger partial charge in [0.1, 0.15) is 0 Å². The van der Waals surface area contributed by atoms with Gasteiger partial charge in [-0.1, -0.05) is 0 Å². The summed E-state index contributed by atoms with van der Waals surface area (Å²) >= 11 is 1.11. The number of aryl methyl sites for hydroxylation is 1. The van der Waals surface area contributed by atoms with E-state index in [4.69, 9.17) is 0 Å². The van der Waals surface area contributed by atoms with Crippen molar-refractivity contribution in [2.24, 2.45) is 5.92 Å². The quantitative estimate of drug-likeness (QED) is 0.828. The summed E-state index contributed by atoms with van der Waals surface area (Å²) in [5.74, 6) is -3.41. The molecule has 0 bridgehead atoms. The number of alkyl halides is 6. The second kappa shape index (κ2) is 5.08. The smallest absolute Gasteiger partial charge is 0.312 e. The van der Waals surface area contributed by atoms with E-state index < -0.39 is 24.3 Å². The Morgan fingerprint density at radius 1 is 1.11 bits per heavy atom. The van der Waals surface area contributed by atoms with Gasteiger partial charge in [-0.2, -0.15) is 26.3 Å². The van der Waals surface area contributed by atoms with Crippen molar-refractivity contribution < 1.29 is 26.3 Å². The molecular formula is C10H11F6NS. The summed E-state index contributed by atoms with van der Waals surface area (Å²) in [5, 5.41) is 3.60. The average molecular weight is 291 g/mol. The van der Waals surface area contributed by atoms with Gasteiger partial charge >= 0.3 is 12.4 Å². The fourth-order valence-corrected chi connectivity index (χ4v) is 2.53. The van der Waals surface area contributed by atoms with Crippen molar-refractivity contribution in [3.05, 3.63) is 21.9 Å². The zero-order chi connectivity index (χ0) is 14.1. The SMILES string of the molecule is CNC(c1ccsc1C)C(C(F)(F)F)C(F)(F)F. The van der Waals surface area contributed by atoms with E-state index in [9.17, 15) is 26.3 Å². The van der Waals surface area contributed by atoms with E-state index in [1.165, 1.54) is 18.4 Å². The Morgan fingerprint density at radius 2 is 1.61 bits per heavy atom. The van der Waals surface area contributed by atoms with Crippen molar-refractivity contribution in [1.29, 1.82) is 0 Å². The van der Waals surface area contributed by atoms with Gasteiger partial charge in [0.2, 0.25) is 0 Å². The van der Waals surface area contributed by atoms with Gasteiger partial charge in [0.25, 0.3) is 0 Å². The van der Waals surface area contributed by atoms with Crippen LogP contribution < -0.4 is 5.32 Å². The molecule has 0 aliphatic carbocycles. The minimum absolute atomic E-state index is 0.0298. The highest BCUT2D eigenvalue weighted by atomic mass is 32.1. The maximum absolute atomic E-state index is 12.6. The summed E-state index contributed by atoms with van der Waals surface area (Å²) in [4.78, 5) is 0.438. The second-order valence-corrected chi connectivity index (χ2v) is 4.88. The van der Waals surface area contributed by atoms with Crippen LogP contribution in [0.2, 0.25) is 0 Å². The predicted octanol–water partition coefficient (Wildman–Crippen LogP) is 4.06. The maximum atomic E-state index is 12.6. The normalized spacial score (nSPS) is 15.2. The molecule has 1 nitrogen and oxygen atoms in total. The number of thiophene rings is 1. The molecule has 0 saturated carbocycles. The van der Waals surface area contributed by atoms with Gasteiger partial charge in [-0.15, -0.1) is 11.3 Å². The Labute approximate surface area is 104 Å². The summed E-state index contributed by atoms with van der Waals surface area (Å²) in [6.07, 6.45) is -10.7. The molecule has 104 valence electrons. The molecule has 1 N–H and O–H groups in total. The molecule has 1 heterocycles. The molecule has 1 unspecified atom stereocenters. The van der Waals surface area contributed by atoms with Crippen molar-refractivity contribution in [3.63, 3.8) is 0 Å². The highest BCUT2D eigenvalue weighted by Gasteiger charge is 2.60. The van der Waals surface area contributed by atoms with E-state index in [-0.39, 0.29) is 5.56 Å². The lowest BCUT2D eigenvalue weighted by Crippen LogP contribution is -2.45. The zero-order valence-corrected chi connectivity index (χ0v) is 10.3. The summed E-state index contributed by atoms with van der Waals surface area (Å²) in [6.45, 7) is 1.49. The number of nitrogens with one attached hydrogen (secondary N) is 1. The highest BCUT2D eigenvalue weighted by Crippen LogP contribution is 2.47. The first-order valence-corrected chi connectivity index (χ1v) is 5.81. The molecule has 1 rings (SSSR count). The Hall–Kier alpha value is -0.760. The average Bonchev–Trinajstić information content (AvgIpc) is 2.56. The minimum Gasteiger partial charge on any atom is -0.312 e. The van der Waals surface area contributed by atoms with Crippen LogP contribution in [-0.2, 0) is 0 Å². The molecule has 0 aliphatic heterocycles. The van der Waals surface area contributed by atoms with Crippen molar-refractivity contribution in [2.75, 3.05) is 7.05 Å². The fraction of sp³-hybridized carbons (Fsp3) is 0.600. The van der Waals surface area contributed by atoms with E-state index in [0.29, 0.717) is 4.88 Å². The van der Waals surface area contributed by atoms with Gasteiger partial charge < -0.3 is 5.32 Å². The Bertz CT molecular complexity index is 380. The lowest BCUT2D eigenvalue weighted by molar-refractivity contribution is -0.292. The molecule has 0 aliphatic rings. The Balaban J connectivity index is 3.23. The molecule has 0 amide bonds. The molecule has 0 radical (unpaired) electrons. The van der Waals surface area contributed by atoms with Gasteiger partial charge in [-0.3, -0.25) is 0 Å². The number of hydrogen-bond donors (Lipinski definition) is 1. The fourth-order valence-electron chi connectivity index (χ4n) is 1.78.